The van der Waals surface area contributed by atoms with E-state index in [1.54, 1.807) is 14.2 Å². The first-order valence-electron chi connectivity index (χ1n) is 11.5. The number of ether oxygens (including phenoxy) is 2. The molecule has 7 heteroatoms. The maximum atomic E-state index is 5.90. The van der Waals surface area contributed by atoms with E-state index in [1.165, 1.54) is 5.56 Å². The van der Waals surface area contributed by atoms with E-state index in [2.05, 4.69) is 51.8 Å². The Balaban J connectivity index is 1.68. The van der Waals surface area contributed by atoms with Crippen molar-refractivity contribution in [2.75, 3.05) is 19.1 Å². The topological polar surface area (TPSA) is 51.5 Å². The molecule has 2 aromatic heterocycles. The van der Waals surface area contributed by atoms with E-state index in [4.69, 9.17) is 21.7 Å². The number of aromatic nitrogens is 2. The molecule has 3 heterocycles. The molecular formula is C28H28N4O2S. The van der Waals surface area contributed by atoms with Crippen molar-refractivity contribution in [3.8, 4) is 17.2 Å². The van der Waals surface area contributed by atoms with Gasteiger partial charge in [0.25, 0.3) is 0 Å². The number of para-hydroxylation sites is 2. The SMILES string of the molecule is COc1ccc(-n2c(C)cc(C3C(c4ccccn4)NC(=S)N3c3ccccc3OC)c2C)cc1. The lowest BCUT2D eigenvalue weighted by molar-refractivity contribution is 0.414. The molecule has 35 heavy (non-hydrogen) atoms. The van der Waals surface area contributed by atoms with Crippen molar-refractivity contribution in [3.05, 3.63) is 102 Å². The second-order valence-electron chi connectivity index (χ2n) is 8.53. The molecule has 2 atom stereocenters. The third-order valence-electron chi connectivity index (χ3n) is 6.56. The number of thiocarbonyl (C=S) groups is 1. The molecule has 0 amide bonds. The third-order valence-corrected chi connectivity index (χ3v) is 6.88. The molecule has 1 N–H and O–H groups in total. The average molecular weight is 485 g/mol. The van der Waals surface area contributed by atoms with Crippen LogP contribution in [0.15, 0.2) is 79.0 Å². The highest BCUT2D eigenvalue weighted by atomic mass is 32.1. The number of nitrogens with zero attached hydrogens (tertiary/aromatic N) is 3. The van der Waals surface area contributed by atoms with Crippen LogP contribution in [0.3, 0.4) is 0 Å². The van der Waals surface area contributed by atoms with Gasteiger partial charge in [-0.2, -0.15) is 0 Å². The van der Waals surface area contributed by atoms with Crippen molar-refractivity contribution in [1.29, 1.82) is 0 Å². The molecular weight excluding hydrogens is 456 g/mol. The lowest BCUT2D eigenvalue weighted by atomic mass is 9.96. The predicted octanol–water partition coefficient (Wildman–Crippen LogP) is 5.68. The maximum Gasteiger partial charge on any atom is 0.174 e. The Hall–Kier alpha value is -3.84. The Morgan fingerprint density at radius 1 is 0.914 bits per heavy atom. The number of hydrogen-bond donors (Lipinski definition) is 1. The summed E-state index contributed by atoms with van der Waals surface area (Å²) in [5.74, 6) is 1.60. The van der Waals surface area contributed by atoms with Gasteiger partial charge in [-0.05, 0) is 86.2 Å². The minimum Gasteiger partial charge on any atom is -0.497 e. The zero-order chi connectivity index (χ0) is 24.5. The number of methoxy groups -OCH3 is 2. The highest BCUT2D eigenvalue weighted by molar-refractivity contribution is 7.80. The molecule has 0 aliphatic carbocycles. The summed E-state index contributed by atoms with van der Waals surface area (Å²) in [6.45, 7) is 4.29. The average Bonchev–Trinajstić information content (AvgIpc) is 3.39. The Morgan fingerprint density at radius 3 is 2.34 bits per heavy atom. The van der Waals surface area contributed by atoms with Gasteiger partial charge in [0, 0.05) is 23.3 Å². The van der Waals surface area contributed by atoms with Gasteiger partial charge in [0.05, 0.1) is 37.7 Å². The minimum atomic E-state index is -0.126. The Labute approximate surface area is 211 Å². The van der Waals surface area contributed by atoms with Crippen molar-refractivity contribution >= 4 is 23.0 Å². The fourth-order valence-corrected chi connectivity index (χ4v) is 5.31. The Morgan fingerprint density at radius 2 is 1.66 bits per heavy atom. The van der Waals surface area contributed by atoms with Gasteiger partial charge in [0.15, 0.2) is 5.11 Å². The molecule has 2 unspecified atom stereocenters. The van der Waals surface area contributed by atoms with Gasteiger partial charge in [-0.15, -0.1) is 0 Å². The minimum absolute atomic E-state index is 0.119. The first-order chi connectivity index (χ1) is 17.0. The van der Waals surface area contributed by atoms with Gasteiger partial charge in [-0.3, -0.25) is 4.98 Å². The summed E-state index contributed by atoms with van der Waals surface area (Å²) in [7, 11) is 3.37. The van der Waals surface area contributed by atoms with E-state index in [1.807, 2.05) is 60.8 Å². The zero-order valence-corrected chi connectivity index (χ0v) is 21.0. The summed E-state index contributed by atoms with van der Waals surface area (Å²) >= 11 is 5.90. The molecule has 1 aliphatic rings. The van der Waals surface area contributed by atoms with Crippen LogP contribution >= 0.6 is 12.2 Å². The number of hydrogen-bond acceptors (Lipinski definition) is 4. The van der Waals surface area contributed by atoms with E-state index >= 15 is 0 Å². The molecule has 5 rings (SSSR count). The molecule has 1 saturated heterocycles. The van der Waals surface area contributed by atoms with Crippen molar-refractivity contribution < 1.29 is 9.47 Å². The quantitative estimate of drug-likeness (QED) is 0.355. The van der Waals surface area contributed by atoms with E-state index in [0.29, 0.717) is 5.11 Å². The number of aryl methyl sites for hydroxylation is 1. The van der Waals surface area contributed by atoms with Gasteiger partial charge in [-0.1, -0.05) is 18.2 Å². The van der Waals surface area contributed by atoms with E-state index < -0.39 is 0 Å². The van der Waals surface area contributed by atoms with Crippen LogP contribution in [0, 0.1) is 13.8 Å². The van der Waals surface area contributed by atoms with Crippen LogP contribution in [0.5, 0.6) is 11.5 Å². The summed E-state index contributed by atoms with van der Waals surface area (Å²) in [5, 5.41) is 4.19. The van der Waals surface area contributed by atoms with Gasteiger partial charge in [0.1, 0.15) is 11.5 Å². The van der Waals surface area contributed by atoms with Crippen LogP contribution in [0.4, 0.5) is 5.69 Å². The number of benzene rings is 2. The van der Waals surface area contributed by atoms with Crippen LogP contribution in [0.25, 0.3) is 5.69 Å². The summed E-state index contributed by atoms with van der Waals surface area (Å²) in [6.07, 6.45) is 1.82. The fraction of sp³-hybridized carbons (Fsp3) is 0.214. The zero-order valence-electron chi connectivity index (χ0n) is 20.2. The number of anilines is 1. The second-order valence-corrected chi connectivity index (χ2v) is 8.92. The lowest BCUT2D eigenvalue weighted by Crippen LogP contribution is -2.30. The molecule has 6 nitrogen and oxygen atoms in total. The van der Waals surface area contributed by atoms with Crippen LogP contribution in [0.2, 0.25) is 0 Å². The lowest BCUT2D eigenvalue weighted by Gasteiger charge is -2.29. The molecule has 2 aromatic carbocycles. The third kappa shape index (κ3) is 4.02. The first-order valence-corrected chi connectivity index (χ1v) is 11.9. The summed E-state index contributed by atoms with van der Waals surface area (Å²) in [5.41, 5.74) is 6.40. The fourth-order valence-electron chi connectivity index (χ4n) is 4.97. The monoisotopic (exact) mass is 484 g/mol. The molecule has 178 valence electrons. The molecule has 0 saturated carbocycles. The van der Waals surface area contributed by atoms with Gasteiger partial charge in [0.2, 0.25) is 0 Å². The smallest absolute Gasteiger partial charge is 0.174 e. The first kappa shape index (κ1) is 22.9. The van der Waals surface area contributed by atoms with Crippen molar-refractivity contribution in [3.63, 3.8) is 0 Å². The van der Waals surface area contributed by atoms with Crippen molar-refractivity contribution in [1.82, 2.24) is 14.9 Å². The van der Waals surface area contributed by atoms with Crippen molar-refractivity contribution in [2.45, 2.75) is 25.9 Å². The molecule has 1 aliphatic heterocycles. The maximum absolute atomic E-state index is 5.90. The number of pyridine rings is 1. The summed E-state index contributed by atoms with van der Waals surface area (Å²) < 4.78 is 13.3. The molecule has 0 spiro atoms. The Bertz CT molecular complexity index is 1350. The number of nitrogens with one attached hydrogen (secondary N) is 1. The molecule has 4 aromatic rings. The predicted molar refractivity (Wildman–Crippen MR) is 143 cm³/mol. The van der Waals surface area contributed by atoms with Crippen LogP contribution in [-0.4, -0.2) is 28.9 Å². The molecule has 0 radical (unpaired) electrons. The van der Waals surface area contributed by atoms with E-state index in [0.717, 1.165) is 40.0 Å². The second kappa shape index (κ2) is 9.43. The Kier molecular flexibility index (Phi) is 6.17. The van der Waals surface area contributed by atoms with Gasteiger partial charge in [-0.25, -0.2) is 0 Å². The van der Waals surface area contributed by atoms with Crippen LogP contribution in [-0.2, 0) is 0 Å². The largest absolute Gasteiger partial charge is 0.497 e. The summed E-state index contributed by atoms with van der Waals surface area (Å²) in [6, 6.07) is 24.1. The molecule has 1 fully saturated rings. The van der Waals surface area contributed by atoms with E-state index in [9.17, 15) is 0 Å². The normalized spacial score (nSPS) is 17.4. The summed E-state index contributed by atoms with van der Waals surface area (Å²) in [4.78, 5) is 6.84. The highest BCUT2D eigenvalue weighted by Crippen LogP contribution is 2.46. The highest BCUT2D eigenvalue weighted by Gasteiger charge is 2.43. The number of rotatable bonds is 6. The van der Waals surface area contributed by atoms with Gasteiger partial charge < -0.3 is 24.3 Å². The van der Waals surface area contributed by atoms with Crippen LogP contribution < -0.4 is 19.7 Å². The van der Waals surface area contributed by atoms with E-state index in [-0.39, 0.29) is 12.1 Å². The standard InChI is InChI=1S/C28H28N4O2S/c1-18-17-22(19(2)31(18)20-12-14-21(33-3)15-13-20)27-26(23-9-7-8-16-29-23)30-28(35)32(27)24-10-5-6-11-25(24)34-4/h5-17,26-27H,1-4H3,(H,30,35). The molecule has 0 bridgehead atoms. The van der Waals surface area contributed by atoms with Crippen LogP contribution in [0.1, 0.15) is 34.7 Å². The van der Waals surface area contributed by atoms with Gasteiger partial charge >= 0.3 is 0 Å². The van der Waals surface area contributed by atoms with Crippen molar-refractivity contribution in [2.24, 2.45) is 0 Å².